The molecule has 6 heteroatoms. The van der Waals surface area contributed by atoms with Crippen molar-refractivity contribution in [1.82, 2.24) is 4.98 Å². The first-order valence-electron chi connectivity index (χ1n) is 4.14. The lowest BCUT2D eigenvalue weighted by Gasteiger charge is -1.94. The van der Waals surface area contributed by atoms with Gasteiger partial charge in [-0.2, -0.15) is 0 Å². The zero-order valence-corrected chi connectivity index (χ0v) is 8.49. The molecule has 1 aromatic rings. The summed E-state index contributed by atoms with van der Waals surface area (Å²) in [5.41, 5.74) is 5.47. The number of rotatable bonds is 2. The molecule has 1 aromatic heterocycles. The van der Waals surface area contributed by atoms with Gasteiger partial charge in [0.2, 0.25) is 0 Å². The molecule has 0 aliphatic rings. The minimum atomic E-state index is -0.544. The summed E-state index contributed by atoms with van der Waals surface area (Å²) in [4.78, 5) is 13.6. The molecule has 15 heavy (non-hydrogen) atoms. The van der Waals surface area contributed by atoms with Gasteiger partial charge in [-0.3, -0.25) is 10.1 Å². The van der Waals surface area contributed by atoms with Crippen LogP contribution in [0.2, 0.25) is 5.15 Å². The lowest BCUT2D eigenvalue weighted by molar-refractivity contribution is -0.385. The van der Waals surface area contributed by atoms with Gasteiger partial charge in [0.1, 0.15) is 11.3 Å². The first-order chi connectivity index (χ1) is 7.15. The van der Waals surface area contributed by atoms with E-state index in [2.05, 4.69) is 16.8 Å². The van der Waals surface area contributed by atoms with E-state index in [9.17, 15) is 10.1 Å². The van der Waals surface area contributed by atoms with Crippen LogP contribution in [0.1, 0.15) is 12.0 Å². The van der Waals surface area contributed by atoms with Gasteiger partial charge in [0.25, 0.3) is 5.69 Å². The summed E-state index contributed by atoms with van der Waals surface area (Å²) in [6.45, 7) is 0.437. The van der Waals surface area contributed by atoms with E-state index in [-0.39, 0.29) is 10.8 Å². The first kappa shape index (κ1) is 11.4. The summed E-state index contributed by atoms with van der Waals surface area (Å²) < 4.78 is 0. The fourth-order valence-corrected chi connectivity index (χ4v) is 1.01. The predicted octanol–water partition coefficient (Wildman–Crippen LogP) is 1.34. The lowest BCUT2D eigenvalue weighted by atomic mass is 10.2. The highest BCUT2D eigenvalue weighted by atomic mass is 35.5. The molecule has 0 atom stereocenters. The zero-order chi connectivity index (χ0) is 11.3. The van der Waals surface area contributed by atoms with Crippen molar-refractivity contribution >= 4 is 17.3 Å². The molecule has 0 spiro atoms. The van der Waals surface area contributed by atoms with Crippen molar-refractivity contribution in [3.05, 3.63) is 33.1 Å². The van der Waals surface area contributed by atoms with Crippen LogP contribution in [-0.4, -0.2) is 16.5 Å². The molecular formula is C9H8ClN3O2. The Morgan fingerprint density at radius 2 is 2.40 bits per heavy atom. The van der Waals surface area contributed by atoms with Crippen LogP contribution in [0.4, 0.5) is 5.69 Å². The molecule has 78 valence electrons. The highest BCUT2D eigenvalue weighted by molar-refractivity contribution is 6.30. The van der Waals surface area contributed by atoms with Gasteiger partial charge in [0.15, 0.2) is 0 Å². The quantitative estimate of drug-likeness (QED) is 0.356. The summed E-state index contributed by atoms with van der Waals surface area (Å²) in [6.07, 6.45) is 1.61. The summed E-state index contributed by atoms with van der Waals surface area (Å²) >= 11 is 5.71. The minimum Gasteiger partial charge on any atom is -0.330 e. The molecule has 2 N–H and O–H groups in total. The van der Waals surface area contributed by atoms with Crippen LogP contribution in [0, 0.1) is 22.0 Å². The Morgan fingerprint density at radius 3 is 3.00 bits per heavy atom. The van der Waals surface area contributed by atoms with E-state index in [1.165, 1.54) is 6.07 Å². The maximum atomic E-state index is 10.4. The van der Waals surface area contributed by atoms with E-state index >= 15 is 0 Å². The zero-order valence-electron chi connectivity index (χ0n) is 7.74. The molecule has 0 aromatic carbocycles. The third-order valence-corrected chi connectivity index (χ3v) is 1.83. The molecule has 0 aliphatic carbocycles. The van der Waals surface area contributed by atoms with Crippen molar-refractivity contribution < 1.29 is 4.92 Å². The van der Waals surface area contributed by atoms with E-state index in [4.69, 9.17) is 17.3 Å². The third-order valence-electron chi connectivity index (χ3n) is 1.53. The molecule has 1 rings (SSSR count). The number of nitro groups is 1. The van der Waals surface area contributed by atoms with Gasteiger partial charge in [-0.05, 0) is 0 Å². The van der Waals surface area contributed by atoms with Gasteiger partial charge in [0.05, 0.1) is 10.5 Å². The summed E-state index contributed by atoms with van der Waals surface area (Å²) in [5, 5.41) is 10.6. The van der Waals surface area contributed by atoms with Crippen LogP contribution in [0.15, 0.2) is 12.3 Å². The maximum Gasteiger partial charge on any atom is 0.288 e. The average Bonchev–Trinajstić information content (AvgIpc) is 2.20. The molecule has 0 radical (unpaired) electrons. The van der Waals surface area contributed by atoms with E-state index in [1.807, 2.05) is 0 Å². The highest BCUT2D eigenvalue weighted by Gasteiger charge is 2.09. The molecule has 0 fully saturated rings. The summed E-state index contributed by atoms with van der Waals surface area (Å²) in [7, 11) is 0. The minimum absolute atomic E-state index is 0.128. The van der Waals surface area contributed by atoms with Gasteiger partial charge in [-0.25, -0.2) is 4.98 Å². The maximum absolute atomic E-state index is 10.4. The molecule has 0 bridgehead atoms. The predicted molar refractivity (Wildman–Crippen MR) is 56.5 cm³/mol. The van der Waals surface area contributed by atoms with Crippen molar-refractivity contribution in [2.45, 2.75) is 6.42 Å². The Morgan fingerprint density at radius 1 is 1.67 bits per heavy atom. The van der Waals surface area contributed by atoms with Crippen LogP contribution in [0.25, 0.3) is 0 Å². The van der Waals surface area contributed by atoms with E-state index in [0.717, 1.165) is 6.20 Å². The van der Waals surface area contributed by atoms with Gasteiger partial charge in [-0.1, -0.05) is 23.4 Å². The Hall–Kier alpha value is -1.64. The highest BCUT2D eigenvalue weighted by Crippen LogP contribution is 2.17. The second-order valence-electron chi connectivity index (χ2n) is 2.63. The van der Waals surface area contributed by atoms with E-state index in [1.54, 1.807) is 0 Å². The normalized spacial score (nSPS) is 9.20. The monoisotopic (exact) mass is 225 g/mol. The van der Waals surface area contributed by atoms with Crippen molar-refractivity contribution in [1.29, 1.82) is 0 Å². The largest absolute Gasteiger partial charge is 0.330 e. The first-order valence-corrected chi connectivity index (χ1v) is 4.52. The topological polar surface area (TPSA) is 82.0 Å². The van der Waals surface area contributed by atoms with Crippen LogP contribution >= 0.6 is 11.6 Å². The van der Waals surface area contributed by atoms with Gasteiger partial charge >= 0.3 is 0 Å². The smallest absolute Gasteiger partial charge is 0.288 e. The van der Waals surface area contributed by atoms with E-state index < -0.39 is 4.92 Å². The number of hydrogen-bond acceptors (Lipinski definition) is 4. The number of pyridine rings is 1. The Balaban J connectivity index is 3.02. The molecule has 0 saturated carbocycles. The Labute approximate surface area is 91.4 Å². The molecule has 0 aliphatic heterocycles. The third kappa shape index (κ3) is 3.20. The van der Waals surface area contributed by atoms with Crippen molar-refractivity contribution in [3.63, 3.8) is 0 Å². The van der Waals surface area contributed by atoms with Crippen LogP contribution < -0.4 is 5.73 Å². The second-order valence-corrected chi connectivity index (χ2v) is 2.99. The molecule has 0 unspecified atom stereocenters. The summed E-state index contributed by atoms with van der Waals surface area (Å²) in [5.74, 6) is 5.42. The fourth-order valence-electron chi connectivity index (χ4n) is 0.854. The fraction of sp³-hybridized carbons (Fsp3) is 0.222. The van der Waals surface area contributed by atoms with Crippen molar-refractivity contribution in [2.24, 2.45) is 5.73 Å². The Bertz CT molecular complexity index is 437. The number of nitrogens with two attached hydrogens (primary N) is 1. The molecule has 1 heterocycles. The van der Waals surface area contributed by atoms with Crippen molar-refractivity contribution in [2.75, 3.05) is 6.54 Å². The van der Waals surface area contributed by atoms with Gasteiger partial charge < -0.3 is 5.73 Å². The van der Waals surface area contributed by atoms with Gasteiger partial charge in [0, 0.05) is 19.0 Å². The standard InChI is InChI=1S/C9H8ClN3O2/c10-9-7(3-1-2-4-11)5-8(6-12-9)13(14)15/h5-6H,2,4,11H2. The number of aromatic nitrogens is 1. The van der Waals surface area contributed by atoms with Crippen LogP contribution in [0.5, 0.6) is 0 Å². The molecule has 0 amide bonds. The van der Waals surface area contributed by atoms with Crippen LogP contribution in [-0.2, 0) is 0 Å². The summed E-state index contributed by atoms with van der Waals surface area (Å²) in [6, 6.07) is 1.29. The van der Waals surface area contributed by atoms with E-state index in [0.29, 0.717) is 18.5 Å². The lowest BCUT2D eigenvalue weighted by Crippen LogP contribution is -1.95. The van der Waals surface area contributed by atoms with Crippen LogP contribution in [0.3, 0.4) is 0 Å². The SMILES string of the molecule is NCCC#Cc1cc([N+](=O)[O-])cnc1Cl. The second kappa shape index (κ2) is 5.29. The molecule has 0 saturated heterocycles. The molecular weight excluding hydrogens is 218 g/mol. The van der Waals surface area contributed by atoms with Gasteiger partial charge in [-0.15, -0.1) is 0 Å². The number of hydrogen-bond donors (Lipinski definition) is 1. The number of halogens is 1. The van der Waals surface area contributed by atoms with Crippen molar-refractivity contribution in [3.8, 4) is 11.8 Å². The average molecular weight is 226 g/mol. The molecule has 5 nitrogen and oxygen atoms in total. The Kier molecular flexibility index (Phi) is 4.03. The number of nitrogens with zero attached hydrogens (tertiary/aromatic N) is 2.